The maximum Gasteiger partial charge on any atom is 0.244 e. The van der Waals surface area contributed by atoms with Gasteiger partial charge in [-0.15, -0.1) is 0 Å². The highest BCUT2D eigenvalue weighted by atomic mass is 79.9. The molecule has 1 unspecified atom stereocenters. The fraction of sp³-hybridized carbons (Fsp3) is 0.400. The molecule has 1 atom stereocenters. The van der Waals surface area contributed by atoms with Crippen molar-refractivity contribution in [3.8, 4) is 0 Å². The van der Waals surface area contributed by atoms with Crippen LogP contribution in [0, 0.1) is 0 Å². The number of anilines is 1. The SMILES string of the molecule is CSCC(C)NS(=O)(=O)c1c(N)cc(Br)cc1Br. The van der Waals surface area contributed by atoms with E-state index in [0.29, 0.717) is 10.2 Å². The molecule has 8 heteroatoms. The molecule has 0 heterocycles. The van der Waals surface area contributed by atoms with Crippen molar-refractivity contribution < 1.29 is 8.42 Å². The van der Waals surface area contributed by atoms with E-state index in [2.05, 4.69) is 36.6 Å². The van der Waals surface area contributed by atoms with Gasteiger partial charge < -0.3 is 5.73 Å². The van der Waals surface area contributed by atoms with Crippen LogP contribution in [0.3, 0.4) is 0 Å². The van der Waals surface area contributed by atoms with Gasteiger partial charge in [-0.25, -0.2) is 13.1 Å². The first kappa shape index (κ1) is 16.3. The third kappa shape index (κ3) is 4.12. The molecule has 0 aromatic heterocycles. The van der Waals surface area contributed by atoms with Crippen molar-refractivity contribution in [3.63, 3.8) is 0 Å². The topological polar surface area (TPSA) is 72.2 Å². The van der Waals surface area contributed by atoms with Crippen LogP contribution in [0.15, 0.2) is 26.0 Å². The van der Waals surface area contributed by atoms with E-state index in [4.69, 9.17) is 5.73 Å². The summed E-state index contributed by atoms with van der Waals surface area (Å²) in [6.07, 6.45) is 1.93. The lowest BCUT2D eigenvalue weighted by Crippen LogP contribution is -2.34. The first-order valence-electron chi connectivity index (χ1n) is 5.03. The molecule has 0 spiro atoms. The van der Waals surface area contributed by atoms with Gasteiger partial charge in [-0.3, -0.25) is 0 Å². The smallest absolute Gasteiger partial charge is 0.244 e. The van der Waals surface area contributed by atoms with E-state index in [1.54, 1.807) is 23.9 Å². The zero-order chi connectivity index (χ0) is 13.9. The first-order valence-corrected chi connectivity index (χ1v) is 9.50. The molecule has 1 rings (SSSR count). The van der Waals surface area contributed by atoms with Crippen molar-refractivity contribution in [1.82, 2.24) is 4.72 Å². The third-order valence-corrected chi connectivity index (χ3v) is 5.96. The lowest BCUT2D eigenvalue weighted by Gasteiger charge is -2.15. The summed E-state index contributed by atoms with van der Waals surface area (Å²) in [5.41, 5.74) is 5.98. The van der Waals surface area contributed by atoms with Crippen LogP contribution in [0.1, 0.15) is 6.92 Å². The standard InChI is InChI=1S/C10H14Br2N2O2S2/c1-6(5-17-2)14-18(15,16)10-8(12)3-7(11)4-9(10)13/h3-4,6,14H,5,13H2,1-2H3. The van der Waals surface area contributed by atoms with Crippen LogP contribution in [-0.2, 0) is 10.0 Å². The average molecular weight is 418 g/mol. The number of rotatable bonds is 5. The molecule has 0 aliphatic heterocycles. The summed E-state index contributed by atoms with van der Waals surface area (Å²) in [5, 5.41) is 0. The summed E-state index contributed by atoms with van der Waals surface area (Å²) >= 11 is 8.07. The largest absolute Gasteiger partial charge is 0.398 e. The van der Waals surface area contributed by atoms with E-state index in [1.807, 2.05) is 13.2 Å². The molecule has 0 saturated heterocycles. The Labute approximate surface area is 128 Å². The number of sulfonamides is 1. The lowest BCUT2D eigenvalue weighted by molar-refractivity contribution is 0.571. The zero-order valence-corrected chi connectivity index (χ0v) is 14.7. The molecule has 0 bridgehead atoms. The minimum absolute atomic E-state index is 0.0821. The Bertz CT molecular complexity index is 512. The molecular weight excluding hydrogens is 404 g/mol. The second kappa shape index (κ2) is 6.60. The average Bonchev–Trinajstić information content (AvgIpc) is 2.13. The number of nitrogen functional groups attached to an aromatic ring is 1. The van der Waals surface area contributed by atoms with E-state index in [0.717, 1.165) is 4.47 Å². The van der Waals surface area contributed by atoms with Crippen molar-refractivity contribution in [2.75, 3.05) is 17.7 Å². The van der Waals surface area contributed by atoms with Gasteiger partial charge in [0, 0.05) is 20.7 Å². The van der Waals surface area contributed by atoms with Gasteiger partial charge in [0.1, 0.15) is 4.90 Å². The monoisotopic (exact) mass is 416 g/mol. The van der Waals surface area contributed by atoms with E-state index in [-0.39, 0.29) is 16.6 Å². The quantitative estimate of drug-likeness (QED) is 0.722. The summed E-state index contributed by atoms with van der Waals surface area (Å²) in [7, 11) is -3.62. The van der Waals surface area contributed by atoms with Gasteiger partial charge in [-0.2, -0.15) is 11.8 Å². The molecule has 1 aromatic carbocycles. The summed E-state index contributed by atoms with van der Waals surface area (Å²) < 4.78 is 28.2. The maximum absolute atomic E-state index is 12.2. The summed E-state index contributed by atoms with van der Waals surface area (Å²) in [6.45, 7) is 1.82. The minimum Gasteiger partial charge on any atom is -0.398 e. The number of nitrogens with two attached hydrogens (primary N) is 1. The van der Waals surface area contributed by atoms with Crippen LogP contribution in [-0.4, -0.2) is 26.5 Å². The molecule has 3 N–H and O–H groups in total. The number of halogens is 2. The van der Waals surface area contributed by atoms with Gasteiger partial charge >= 0.3 is 0 Å². The fourth-order valence-corrected chi connectivity index (χ4v) is 5.47. The molecule has 1 aromatic rings. The summed E-state index contributed by atoms with van der Waals surface area (Å²) in [5.74, 6) is 0.702. The minimum atomic E-state index is -3.62. The molecule has 0 saturated carbocycles. The van der Waals surface area contributed by atoms with Crippen molar-refractivity contribution in [2.24, 2.45) is 0 Å². The van der Waals surface area contributed by atoms with Crippen molar-refractivity contribution in [2.45, 2.75) is 17.9 Å². The van der Waals surface area contributed by atoms with Gasteiger partial charge in [0.05, 0.1) is 5.69 Å². The van der Waals surface area contributed by atoms with Crippen LogP contribution >= 0.6 is 43.6 Å². The van der Waals surface area contributed by atoms with Crippen LogP contribution in [0.5, 0.6) is 0 Å². The highest BCUT2D eigenvalue weighted by Crippen LogP contribution is 2.31. The molecular formula is C10H14Br2N2O2S2. The highest BCUT2D eigenvalue weighted by Gasteiger charge is 2.23. The van der Waals surface area contributed by atoms with Gasteiger partial charge in [0.25, 0.3) is 0 Å². The Kier molecular flexibility index (Phi) is 5.98. The summed E-state index contributed by atoms with van der Waals surface area (Å²) in [4.78, 5) is 0.0821. The van der Waals surface area contributed by atoms with Gasteiger partial charge in [-0.05, 0) is 41.2 Å². The number of hydrogen-bond donors (Lipinski definition) is 2. The Hall–Kier alpha value is 0.240. The predicted molar refractivity (Wildman–Crippen MR) is 84.4 cm³/mol. The Morgan fingerprint density at radius 2 is 2.06 bits per heavy atom. The molecule has 102 valence electrons. The van der Waals surface area contributed by atoms with Gasteiger partial charge in [0.15, 0.2) is 0 Å². The Morgan fingerprint density at radius 1 is 1.44 bits per heavy atom. The summed E-state index contributed by atoms with van der Waals surface area (Å²) in [6, 6.07) is 3.07. The Morgan fingerprint density at radius 3 is 2.56 bits per heavy atom. The predicted octanol–water partition coefficient (Wildman–Crippen LogP) is 2.82. The van der Waals surface area contributed by atoms with E-state index >= 15 is 0 Å². The van der Waals surface area contributed by atoms with Crippen LogP contribution in [0.25, 0.3) is 0 Å². The number of thioether (sulfide) groups is 1. The zero-order valence-electron chi connectivity index (χ0n) is 9.91. The van der Waals surface area contributed by atoms with Crippen molar-refractivity contribution in [1.29, 1.82) is 0 Å². The number of hydrogen-bond acceptors (Lipinski definition) is 4. The van der Waals surface area contributed by atoms with Crippen LogP contribution in [0.2, 0.25) is 0 Å². The van der Waals surface area contributed by atoms with E-state index in [1.165, 1.54) is 0 Å². The molecule has 0 amide bonds. The van der Waals surface area contributed by atoms with E-state index < -0.39 is 10.0 Å². The first-order chi connectivity index (χ1) is 8.27. The molecule has 0 aliphatic rings. The second-order valence-corrected chi connectivity index (χ2v) is 8.12. The number of nitrogens with one attached hydrogen (secondary N) is 1. The van der Waals surface area contributed by atoms with Crippen LogP contribution < -0.4 is 10.5 Å². The molecule has 0 aliphatic carbocycles. The van der Waals surface area contributed by atoms with Crippen LogP contribution in [0.4, 0.5) is 5.69 Å². The lowest BCUT2D eigenvalue weighted by atomic mass is 10.3. The van der Waals surface area contributed by atoms with Crippen molar-refractivity contribution in [3.05, 3.63) is 21.1 Å². The third-order valence-electron chi connectivity index (χ3n) is 2.08. The highest BCUT2D eigenvalue weighted by molar-refractivity contribution is 9.11. The second-order valence-electron chi connectivity index (χ2n) is 3.78. The van der Waals surface area contributed by atoms with E-state index in [9.17, 15) is 8.42 Å². The molecule has 4 nitrogen and oxygen atoms in total. The fourth-order valence-electron chi connectivity index (χ4n) is 1.47. The normalized spacial score (nSPS) is 13.6. The van der Waals surface area contributed by atoms with Crippen molar-refractivity contribution >= 4 is 59.3 Å². The molecule has 0 radical (unpaired) electrons. The Balaban J connectivity index is 3.13. The van der Waals surface area contributed by atoms with Gasteiger partial charge in [0.2, 0.25) is 10.0 Å². The maximum atomic E-state index is 12.2. The molecule has 0 fully saturated rings. The van der Waals surface area contributed by atoms with Gasteiger partial charge in [-0.1, -0.05) is 15.9 Å². The number of benzene rings is 1. The molecule has 18 heavy (non-hydrogen) atoms.